The lowest BCUT2D eigenvalue weighted by molar-refractivity contribution is 0.0954. The van der Waals surface area contributed by atoms with E-state index in [2.05, 4.69) is 26.5 Å². The molecule has 0 saturated carbocycles. The Hall–Kier alpha value is -2.74. The predicted octanol–water partition coefficient (Wildman–Crippen LogP) is 3.35. The molecule has 0 spiro atoms. The van der Waals surface area contributed by atoms with Gasteiger partial charge in [-0.15, -0.1) is 0 Å². The molecular weight excluding hydrogens is 404 g/mol. The van der Waals surface area contributed by atoms with Crippen LogP contribution in [0.4, 0.5) is 0 Å². The van der Waals surface area contributed by atoms with Crippen LogP contribution in [0.2, 0.25) is 0 Å². The summed E-state index contributed by atoms with van der Waals surface area (Å²) < 4.78 is 22.1. The van der Waals surface area contributed by atoms with Gasteiger partial charge in [-0.05, 0) is 58.7 Å². The van der Waals surface area contributed by atoms with Crippen molar-refractivity contribution in [1.82, 2.24) is 5.43 Å². The number of hydrogen-bond donors (Lipinski definition) is 1. The van der Waals surface area contributed by atoms with E-state index < -0.39 is 0 Å². The van der Waals surface area contributed by atoms with Crippen LogP contribution in [0.15, 0.2) is 39.9 Å². The minimum Gasteiger partial charge on any atom is -0.493 e. The molecule has 2 aromatic carbocycles. The average molecular weight is 421 g/mol. The number of benzene rings is 2. The number of fused-ring (bicyclic) bond motifs is 1. The Labute approximate surface area is 159 Å². The lowest BCUT2D eigenvalue weighted by atomic mass is 10.2. The Morgan fingerprint density at radius 1 is 1.31 bits per heavy atom. The van der Waals surface area contributed by atoms with Gasteiger partial charge in [0.05, 0.1) is 24.4 Å². The minimum atomic E-state index is -0.350. The molecule has 1 N–H and O–H groups in total. The van der Waals surface area contributed by atoms with Crippen molar-refractivity contribution in [2.75, 3.05) is 20.5 Å². The first-order valence-corrected chi connectivity index (χ1v) is 8.65. The molecule has 26 heavy (non-hydrogen) atoms. The molecule has 0 aromatic heterocycles. The predicted molar refractivity (Wildman–Crippen MR) is 99.5 cm³/mol. The van der Waals surface area contributed by atoms with Crippen LogP contribution < -0.4 is 24.4 Å². The molecule has 1 aliphatic heterocycles. The molecule has 7 nitrogen and oxygen atoms in total. The van der Waals surface area contributed by atoms with E-state index >= 15 is 0 Å². The maximum atomic E-state index is 12.2. The SMILES string of the molecule is CCOc1c(Br)cc(C=NNC(=O)c2ccc3c(c2)OCO3)cc1OC. The van der Waals surface area contributed by atoms with E-state index in [1.165, 1.54) is 6.21 Å². The van der Waals surface area contributed by atoms with E-state index in [0.29, 0.717) is 35.2 Å². The number of nitrogens with one attached hydrogen (secondary N) is 1. The van der Waals surface area contributed by atoms with Crippen LogP contribution in [-0.4, -0.2) is 32.6 Å². The zero-order valence-electron chi connectivity index (χ0n) is 14.2. The molecule has 0 radical (unpaired) electrons. The third-order valence-electron chi connectivity index (χ3n) is 3.55. The number of rotatable bonds is 6. The standard InChI is InChI=1S/C18H17BrN2O5/c1-3-24-17-13(19)6-11(7-16(17)23-2)9-20-21-18(22)12-4-5-14-15(8-12)26-10-25-14/h4-9H,3,10H2,1-2H3,(H,21,22). The van der Waals surface area contributed by atoms with Gasteiger partial charge in [0.15, 0.2) is 23.0 Å². The van der Waals surface area contributed by atoms with Crippen molar-refractivity contribution in [3.8, 4) is 23.0 Å². The van der Waals surface area contributed by atoms with E-state index in [-0.39, 0.29) is 12.7 Å². The van der Waals surface area contributed by atoms with Crippen molar-refractivity contribution < 1.29 is 23.7 Å². The molecule has 3 rings (SSSR count). The largest absolute Gasteiger partial charge is 0.493 e. The highest BCUT2D eigenvalue weighted by molar-refractivity contribution is 9.10. The second kappa shape index (κ2) is 8.09. The number of carbonyl (C=O) groups is 1. The average Bonchev–Trinajstić information content (AvgIpc) is 3.11. The molecule has 1 aliphatic rings. The summed E-state index contributed by atoms with van der Waals surface area (Å²) in [5.41, 5.74) is 3.65. The molecule has 136 valence electrons. The third-order valence-corrected chi connectivity index (χ3v) is 4.14. The van der Waals surface area contributed by atoms with Crippen molar-refractivity contribution in [2.45, 2.75) is 6.92 Å². The van der Waals surface area contributed by atoms with Crippen LogP contribution in [0.3, 0.4) is 0 Å². The van der Waals surface area contributed by atoms with Crippen molar-refractivity contribution in [1.29, 1.82) is 0 Å². The van der Waals surface area contributed by atoms with Crippen molar-refractivity contribution in [3.05, 3.63) is 45.9 Å². The Bertz CT molecular complexity index is 854. The van der Waals surface area contributed by atoms with Gasteiger partial charge in [0, 0.05) is 5.56 Å². The van der Waals surface area contributed by atoms with Crippen LogP contribution >= 0.6 is 15.9 Å². The summed E-state index contributed by atoms with van der Waals surface area (Å²) in [5, 5.41) is 3.99. The molecule has 2 aromatic rings. The van der Waals surface area contributed by atoms with Gasteiger partial charge < -0.3 is 18.9 Å². The number of carbonyl (C=O) groups excluding carboxylic acids is 1. The summed E-state index contributed by atoms with van der Waals surface area (Å²) in [7, 11) is 1.56. The van der Waals surface area contributed by atoms with Crippen molar-refractivity contribution in [3.63, 3.8) is 0 Å². The van der Waals surface area contributed by atoms with Gasteiger partial charge >= 0.3 is 0 Å². The number of halogens is 1. The van der Waals surface area contributed by atoms with E-state index in [9.17, 15) is 4.79 Å². The minimum absolute atomic E-state index is 0.160. The first-order chi connectivity index (χ1) is 12.6. The molecule has 0 fully saturated rings. The highest BCUT2D eigenvalue weighted by Gasteiger charge is 2.16. The molecule has 1 amide bonds. The van der Waals surface area contributed by atoms with Crippen LogP contribution in [-0.2, 0) is 0 Å². The van der Waals surface area contributed by atoms with Crippen LogP contribution in [0, 0.1) is 0 Å². The molecule has 1 heterocycles. The second-order valence-electron chi connectivity index (χ2n) is 5.23. The van der Waals surface area contributed by atoms with Crippen molar-refractivity contribution >= 4 is 28.1 Å². The maximum Gasteiger partial charge on any atom is 0.271 e. The molecule has 0 aliphatic carbocycles. The number of nitrogens with zero attached hydrogens (tertiary/aromatic N) is 1. The van der Waals surface area contributed by atoms with Gasteiger partial charge in [0.25, 0.3) is 5.91 Å². The number of hydrogen-bond acceptors (Lipinski definition) is 6. The third kappa shape index (κ3) is 3.91. The molecule has 0 saturated heterocycles. The molecule has 8 heteroatoms. The van der Waals surface area contributed by atoms with Gasteiger partial charge in [-0.3, -0.25) is 4.79 Å². The number of hydrazone groups is 1. The monoisotopic (exact) mass is 420 g/mol. The number of ether oxygens (including phenoxy) is 4. The Kier molecular flexibility index (Phi) is 5.62. The van der Waals surface area contributed by atoms with Crippen LogP contribution in [0.1, 0.15) is 22.8 Å². The summed E-state index contributed by atoms with van der Waals surface area (Å²) in [6.07, 6.45) is 1.52. The van der Waals surface area contributed by atoms with E-state index in [4.69, 9.17) is 18.9 Å². The smallest absolute Gasteiger partial charge is 0.271 e. The summed E-state index contributed by atoms with van der Waals surface area (Å²) in [5.74, 6) is 2.01. The normalized spacial score (nSPS) is 12.3. The van der Waals surface area contributed by atoms with Gasteiger partial charge in [-0.1, -0.05) is 0 Å². The van der Waals surface area contributed by atoms with E-state index in [1.54, 1.807) is 31.4 Å². The zero-order chi connectivity index (χ0) is 18.5. The first kappa shape index (κ1) is 18.1. The number of amides is 1. The second-order valence-corrected chi connectivity index (χ2v) is 6.09. The van der Waals surface area contributed by atoms with Gasteiger partial charge in [-0.2, -0.15) is 5.10 Å². The Morgan fingerprint density at radius 2 is 2.12 bits per heavy atom. The summed E-state index contributed by atoms with van der Waals surface area (Å²) in [4.78, 5) is 12.2. The van der Waals surface area contributed by atoms with Gasteiger partial charge in [-0.25, -0.2) is 5.43 Å². The Morgan fingerprint density at radius 3 is 2.88 bits per heavy atom. The van der Waals surface area contributed by atoms with Crippen molar-refractivity contribution in [2.24, 2.45) is 5.10 Å². The van der Waals surface area contributed by atoms with Crippen LogP contribution in [0.5, 0.6) is 23.0 Å². The lowest BCUT2D eigenvalue weighted by Crippen LogP contribution is -2.17. The van der Waals surface area contributed by atoms with E-state index in [1.807, 2.05) is 13.0 Å². The molecule has 0 atom stereocenters. The number of methoxy groups -OCH3 is 1. The summed E-state index contributed by atoms with van der Waals surface area (Å²) in [6.45, 7) is 2.58. The van der Waals surface area contributed by atoms with Gasteiger partial charge in [0.2, 0.25) is 6.79 Å². The fraction of sp³-hybridized carbons (Fsp3) is 0.222. The van der Waals surface area contributed by atoms with E-state index in [0.717, 1.165) is 10.0 Å². The maximum absolute atomic E-state index is 12.2. The van der Waals surface area contributed by atoms with Gasteiger partial charge in [0.1, 0.15) is 0 Å². The lowest BCUT2D eigenvalue weighted by Gasteiger charge is -2.11. The Balaban J connectivity index is 1.70. The fourth-order valence-corrected chi connectivity index (χ4v) is 2.94. The fourth-order valence-electron chi connectivity index (χ4n) is 2.37. The first-order valence-electron chi connectivity index (χ1n) is 7.85. The quantitative estimate of drug-likeness (QED) is 0.572. The molecule has 0 unspecified atom stereocenters. The van der Waals surface area contributed by atoms with Crippen LogP contribution in [0.25, 0.3) is 0 Å². The molecule has 0 bridgehead atoms. The topological polar surface area (TPSA) is 78.4 Å². The zero-order valence-corrected chi connectivity index (χ0v) is 15.8. The summed E-state index contributed by atoms with van der Waals surface area (Å²) in [6, 6.07) is 8.55. The summed E-state index contributed by atoms with van der Waals surface area (Å²) >= 11 is 3.45. The highest BCUT2D eigenvalue weighted by atomic mass is 79.9. The molecular formula is C18H17BrN2O5. The highest BCUT2D eigenvalue weighted by Crippen LogP contribution is 2.36.